The van der Waals surface area contributed by atoms with Gasteiger partial charge >= 0.3 is 0 Å². The lowest BCUT2D eigenvalue weighted by Crippen LogP contribution is -2.53. The van der Waals surface area contributed by atoms with Crippen molar-refractivity contribution >= 4 is 35.0 Å². The number of nitrogens with zero attached hydrogens (tertiary/aromatic N) is 6. The van der Waals surface area contributed by atoms with E-state index in [9.17, 15) is 4.79 Å². The van der Waals surface area contributed by atoms with Crippen LogP contribution in [0.25, 0.3) is 0 Å². The molecule has 0 saturated heterocycles. The normalized spacial score (nSPS) is 16.5. The monoisotopic (exact) mass is 456 g/mol. The predicted molar refractivity (Wildman–Crippen MR) is 122 cm³/mol. The Bertz CT molecular complexity index is 1130. The second kappa shape index (κ2) is 9.09. The highest BCUT2D eigenvalue weighted by molar-refractivity contribution is 6.29. The molecule has 168 valence electrons. The van der Waals surface area contributed by atoms with Crippen LogP contribution in [-0.2, 0) is 22.6 Å². The van der Waals surface area contributed by atoms with E-state index in [1.807, 2.05) is 48.8 Å². The SMILES string of the molecule is CO[C@H](C)C1C(=O)Nc2c(C)nc(NCc3cnn(Cc4ccnc(Cl)c4)c3)nc2N1C. The van der Waals surface area contributed by atoms with E-state index in [-0.39, 0.29) is 12.0 Å². The number of halogens is 1. The molecule has 0 radical (unpaired) electrons. The van der Waals surface area contributed by atoms with Crippen molar-refractivity contribution in [2.24, 2.45) is 0 Å². The van der Waals surface area contributed by atoms with Crippen molar-refractivity contribution in [2.45, 2.75) is 39.1 Å². The number of hydrogen-bond acceptors (Lipinski definition) is 8. The summed E-state index contributed by atoms with van der Waals surface area (Å²) in [6.07, 6.45) is 5.14. The van der Waals surface area contributed by atoms with E-state index in [0.717, 1.165) is 11.1 Å². The molecule has 1 aliphatic rings. The molecular weight excluding hydrogens is 432 g/mol. The van der Waals surface area contributed by atoms with Gasteiger partial charge in [-0.05, 0) is 31.5 Å². The van der Waals surface area contributed by atoms with Gasteiger partial charge < -0.3 is 20.3 Å². The Balaban J connectivity index is 1.47. The number of hydrogen-bond donors (Lipinski definition) is 2. The maximum absolute atomic E-state index is 12.5. The number of likely N-dealkylation sites (N-methyl/N-ethyl adjacent to an activating group) is 1. The standard InChI is InChI=1S/C21H25ClN8O2/c1-12-17-19(29(3)18(13(2)32-4)20(31)27-17)28-21(26-12)24-8-15-9-25-30(11-15)10-14-5-6-23-16(22)7-14/h5-7,9,11,13,18H,8,10H2,1-4H3,(H,27,31)(H,24,26,28)/t13-,18?/m1/s1. The van der Waals surface area contributed by atoms with Gasteiger partial charge in [0.2, 0.25) is 11.9 Å². The summed E-state index contributed by atoms with van der Waals surface area (Å²) in [5, 5.41) is 11.0. The molecule has 3 aromatic rings. The van der Waals surface area contributed by atoms with Crippen LogP contribution in [0, 0.1) is 6.92 Å². The number of anilines is 3. The summed E-state index contributed by atoms with van der Waals surface area (Å²) in [7, 11) is 3.42. The molecule has 0 saturated carbocycles. The van der Waals surface area contributed by atoms with E-state index in [1.165, 1.54) is 0 Å². The lowest BCUT2D eigenvalue weighted by Gasteiger charge is -2.37. The van der Waals surface area contributed by atoms with E-state index in [0.29, 0.717) is 41.4 Å². The molecule has 0 fully saturated rings. The molecule has 4 rings (SSSR count). The topological polar surface area (TPSA) is 110 Å². The van der Waals surface area contributed by atoms with Crippen LogP contribution in [0.3, 0.4) is 0 Å². The summed E-state index contributed by atoms with van der Waals surface area (Å²) in [5.74, 6) is 0.991. The van der Waals surface area contributed by atoms with Gasteiger partial charge in [0, 0.05) is 38.7 Å². The fraction of sp³-hybridized carbons (Fsp3) is 0.381. The first-order valence-corrected chi connectivity index (χ1v) is 10.5. The van der Waals surface area contributed by atoms with Crippen molar-refractivity contribution in [1.82, 2.24) is 24.7 Å². The van der Waals surface area contributed by atoms with Crippen LogP contribution < -0.4 is 15.5 Å². The summed E-state index contributed by atoms with van der Waals surface area (Å²) < 4.78 is 7.22. The summed E-state index contributed by atoms with van der Waals surface area (Å²) in [4.78, 5) is 27.5. The number of ether oxygens (including phenoxy) is 1. The molecule has 1 amide bonds. The van der Waals surface area contributed by atoms with Gasteiger partial charge in [0.05, 0.1) is 24.5 Å². The van der Waals surface area contributed by atoms with Crippen LogP contribution >= 0.6 is 11.6 Å². The number of nitrogens with one attached hydrogen (secondary N) is 2. The van der Waals surface area contributed by atoms with Crippen molar-refractivity contribution in [1.29, 1.82) is 0 Å². The Morgan fingerprint density at radius 2 is 2.16 bits per heavy atom. The average molecular weight is 457 g/mol. The number of fused-ring (bicyclic) bond motifs is 1. The summed E-state index contributed by atoms with van der Waals surface area (Å²) in [6.45, 7) is 4.80. The van der Waals surface area contributed by atoms with E-state index < -0.39 is 6.04 Å². The molecule has 2 atom stereocenters. The number of aryl methyl sites for hydroxylation is 1. The molecule has 11 heteroatoms. The fourth-order valence-electron chi connectivity index (χ4n) is 3.69. The molecule has 1 aliphatic heterocycles. The van der Waals surface area contributed by atoms with Gasteiger partial charge in [0.1, 0.15) is 16.9 Å². The van der Waals surface area contributed by atoms with E-state index >= 15 is 0 Å². The second-order valence-electron chi connectivity index (χ2n) is 7.70. The lowest BCUT2D eigenvalue weighted by atomic mass is 10.1. The first kappa shape index (κ1) is 22.0. The highest BCUT2D eigenvalue weighted by Gasteiger charge is 2.37. The fourth-order valence-corrected chi connectivity index (χ4v) is 3.89. The third kappa shape index (κ3) is 4.51. The molecule has 4 heterocycles. The van der Waals surface area contributed by atoms with Gasteiger partial charge in [-0.25, -0.2) is 9.97 Å². The van der Waals surface area contributed by atoms with Gasteiger partial charge in [0.25, 0.3) is 0 Å². The Hall–Kier alpha value is -3.24. The van der Waals surface area contributed by atoms with Crippen LogP contribution in [0.5, 0.6) is 0 Å². The van der Waals surface area contributed by atoms with Crippen LogP contribution in [0.4, 0.5) is 17.5 Å². The molecule has 1 unspecified atom stereocenters. The highest BCUT2D eigenvalue weighted by Crippen LogP contribution is 2.33. The maximum Gasteiger partial charge on any atom is 0.249 e. The number of aromatic nitrogens is 5. The summed E-state index contributed by atoms with van der Waals surface area (Å²) in [6, 6.07) is 3.25. The van der Waals surface area contributed by atoms with E-state index in [4.69, 9.17) is 16.3 Å². The minimum absolute atomic E-state index is 0.135. The van der Waals surface area contributed by atoms with Crippen molar-refractivity contribution < 1.29 is 9.53 Å². The van der Waals surface area contributed by atoms with Gasteiger partial charge in [-0.1, -0.05) is 11.6 Å². The van der Waals surface area contributed by atoms with Crippen molar-refractivity contribution in [3.8, 4) is 0 Å². The minimum Gasteiger partial charge on any atom is -0.379 e. The number of pyridine rings is 1. The molecule has 0 bridgehead atoms. The van der Waals surface area contributed by atoms with E-state index in [1.54, 1.807) is 19.5 Å². The number of rotatable bonds is 7. The highest BCUT2D eigenvalue weighted by atomic mass is 35.5. The Kier molecular flexibility index (Phi) is 6.24. The zero-order chi connectivity index (χ0) is 22.8. The van der Waals surface area contributed by atoms with Crippen molar-refractivity contribution in [3.63, 3.8) is 0 Å². The summed E-state index contributed by atoms with van der Waals surface area (Å²) in [5.41, 5.74) is 3.31. The van der Waals surface area contributed by atoms with Crippen LogP contribution in [0.2, 0.25) is 5.15 Å². The van der Waals surface area contributed by atoms with Crippen LogP contribution in [-0.4, -0.2) is 56.9 Å². The quantitative estimate of drug-likeness (QED) is 0.522. The van der Waals surface area contributed by atoms with Crippen LogP contribution in [0.1, 0.15) is 23.7 Å². The summed E-state index contributed by atoms with van der Waals surface area (Å²) >= 11 is 5.95. The third-order valence-corrected chi connectivity index (χ3v) is 5.64. The first-order chi connectivity index (χ1) is 15.4. The Morgan fingerprint density at radius 1 is 1.34 bits per heavy atom. The van der Waals surface area contributed by atoms with Gasteiger partial charge in [-0.2, -0.15) is 10.1 Å². The van der Waals surface area contributed by atoms with Gasteiger partial charge in [0.15, 0.2) is 5.82 Å². The molecule has 32 heavy (non-hydrogen) atoms. The second-order valence-corrected chi connectivity index (χ2v) is 8.09. The largest absolute Gasteiger partial charge is 0.379 e. The maximum atomic E-state index is 12.5. The number of carbonyl (C=O) groups is 1. The molecular formula is C21H25ClN8O2. The molecule has 0 aromatic carbocycles. The molecule has 2 N–H and O–H groups in total. The first-order valence-electron chi connectivity index (χ1n) is 10.2. The Labute approximate surface area is 191 Å². The lowest BCUT2D eigenvalue weighted by molar-refractivity contribution is -0.120. The van der Waals surface area contributed by atoms with Gasteiger partial charge in [-0.15, -0.1) is 0 Å². The molecule has 0 aliphatic carbocycles. The third-order valence-electron chi connectivity index (χ3n) is 5.43. The zero-order valence-corrected chi connectivity index (χ0v) is 19.1. The number of methoxy groups -OCH3 is 1. The minimum atomic E-state index is -0.477. The zero-order valence-electron chi connectivity index (χ0n) is 18.3. The number of carbonyl (C=O) groups excluding carboxylic acids is 1. The predicted octanol–water partition coefficient (Wildman–Crippen LogP) is 2.48. The smallest absolute Gasteiger partial charge is 0.249 e. The Morgan fingerprint density at radius 3 is 2.91 bits per heavy atom. The molecule has 10 nitrogen and oxygen atoms in total. The van der Waals surface area contributed by atoms with Crippen molar-refractivity contribution in [2.75, 3.05) is 29.7 Å². The van der Waals surface area contributed by atoms with Crippen LogP contribution in [0.15, 0.2) is 30.7 Å². The van der Waals surface area contributed by atoms with Gasteiger partial charge in [-0.3, -0.25) is 9.48 Å². The molecule has 0 spiro atoms. The average Bonchev–Trinajstić information content (AvgIpc) is 3.20. The van der Waals surface area contributed by atoms with E-state index in [2.05, 4.69) is 30.7 Å². The van der Waals surface area contributed by atoms with Crippen molar-refractivity contribution in [3.05, 3.63) is 52.7 Å². The number of amides is 1. The molecule has 3 aromatic heterocycles.